The number of nitrogens with zero attached hydrogens (tertiary/aromatic N) is 3. The van der Waals surface area contributed by atoms with E-state index in [1.807, 2.05) is 0 Å². The highest BCUT2D eigenvalue weighted by Crippen LogP contribution is 2.15. The minimum absolute atomic E-state index is 0.0326. The van der Waals surface area contributed by atoms with Crippen LogP contribution in [0.5, 0.6) is 0 Å². The fourth-order valence-corrected chi connectivity index (χ4v) is 1.68. The summed E-state index contributed by atoms with van der Waals surface area (Å²) in [7, 11) is 1.60. The average Bonchev–Trinajstić information content (AvgIpc) is 2.60. The molecular formula is C9H11Cl2N3O2. The fraction of sp³-hybridized carbons (Fsp3) is 0.444. The van der Waals surface area contributed by atoms with E-state index in [2.05, 4.69) is 4.98 Å². The molecule has 16 heavy (non-hydrogen) atoms. The van der Waals surface area contributed by atoms with E-state index >= 15 is 0 Å². The Bertz CT molecular complexity index is 415. The Morgan fingerprint density at radius 2 is 2.38 bits per heavy atom. The zero-order valence-electron chi connectivity index (χ0n) is 8.69. The summed E-state index contributed by atoms with van der Waals surface area (Å²) in [6.45, 7) is 0. The van der Waals surface area contributed by atoms with Crippen LogP contribution in [-0.4, -0.2) is 26.2 Å². The van der Waals surface area contributed by atoms with Crippen LogP contribution in [0.2, 0.25) is 0 Å². The van der Waals surface area contributed by atoms with Crippen molar-refractivity contribution in [2.45, 2.75) is 6.42 Å². The quantitative estimate of drug-likeness (QED) is 0.354. The molecule has 1 heterocycles. The van der Waals surface area contributed by atoms with Crippen LogP contribution >= 0.6 is 23.2 Å². The number of alkyl halides is 2. The van der Waals surface area contributed by atoms with Crippen molar-refractivity contribution in [3.05, 3.63) is 33.8 Å². The second-order valence-corrected chi connectivity index (χ2v) is 3.75. The van der Waals surface area contributed by atoms with E-state index in [1.54, 1.807) is 13.1 Å². The number of imidazole rings is 1. The number of allylic oxidation sites excluding steroid dienone is 2. The highest BCUT2D eigenvalue weighted by molar-refractivity contribution is 6.20. The van der Waals surface area contributed by atoms with E-state index in [1.165, 1.54) is 10.8 Å². The molecule has 0 aliphatic rings. The Hall–Kier alpha value is -1.07. The van der Waals surface area contributed by atoms with E-state index in [-0.39, 0.29) is 5.82 Å². The van der Waals surface area contributed by atoms with Crippen LogP contribution in [0, 0.1) is 10.1 Å². The fourth-order valence-electron chi connectivity index (χ4n) is 1.26. The summed E-state index contributed by atoms with van der Waals surface area (Å²) in [4.78, 5) is 14.1. The van der Waals surface area contributed by atoms with Gasteiger partial charge >= 0.3 is 5.82 Å². The van der Waals surface area contributed by atoms with E-state index in [4.69, 9.17) is 23.2 Å². The van der Waals surface area contributed by atoms with Crippen molar-refractivity contribution in [3.8, 4) is 0 Å². The standard InChI is InChI=1S/C9H11Cl2N3O2/c1-13-8(4-7(5-11)2-3-10)12-6-9(13)14(15)16/h2,6H,3-5H2,1H3/b7-2-. The molecule has 1 aromatic rings. The van der Waals surface area contributed by atoms with Gasteiger partial charge in [0.25, 0.3) is 0 Å². The molecule has 0 aliphatic carbocycles. The van der Waals surface area contributed by atoms with Crippen LogP contribution in [0.15, 0.2) is 17.8 Å². The Balaban J connectivity index is 2.90. The molecule has 0 amide bonds. The van der Waals surface area contributed by atoms with Crippen molar-refractivity contribution in [1.82, 2.24) is 9.55 Å². The SMILES string of the molecule is Cn1c([N+](=O)[O-])cnc1C/C(=C/CCl)CCl. The monoisotopic (exact) mass is 263 g/mol. The van der Waals surface area contributed by atoms with Crippen LogP contribution < -0.4 is 0 Å². The van der Waals surface area contributed by atoms with Gasteiger partial charge in [-0.05, 0) is 10.5 Å². The summed E-state index contributed by atoms with van der Waals surface area (Å²) in [6.07, 6.45) is 3.50. The van der Waals surface area contributed by atoms with E-state index < -0.39 is 4.92 Å². The second-order valence-electron chi connectivity index (χ2n) is 3.18. The summed E-state index contributed by atoms with van der Waals surface area (Å²) in [6, 6.07) is 0. The van der Waals surface area contributed by atoms with Gasteiger partial charge in [0.15, 0.2) is 5.82 Å². The summed E-state index contributed by atoms with van der Waals surface area (Å²) >= 11 is 11.3. The topological polar surface area (TPSA) is 61.0 Å². The lowest BCUT2D eigenvalue weighted by atomic mass is 10.2. The molecule has 1 aromatic heterocycles. The first-order chi connectivity index (χ1) is 7.60. The van der Waals surface area contributed by atoms with Gasteiger partial charge in [-0.25, -0.2) is 9.55 Å². The summed E-state index contributed by atoms with van der Waals surface area (Å²) in [5.74, 6) is 1.28. The number of rotatable bonds is 5. The lowest BCUT2D eigenvalue weighted by Gasteiger charge is -2.01. The molecule has 7 heteroatoms. The van der Waals surface area contributed by atoms with Gasteiger partial charge in [0, 0.05) is 11.8 Å². The van der Waals surface area contributed by atoms with Gasteiger partial charge in [-0.3, -0.25) is 0 Å². The third-order valence-electron chi connectivity index (χ3n) is 2.17. The molecule has 5 nitrogen and oxygen atoms in total. The molecule has 0 bridgehead atoms. The van der Waals surface area contributed by atoms with Crippen molar-refractivity contribution in [1.29, 1.82) is 0 Å². The van der Waals surface area contributed by atoms with Gasteiger partial charge in [0.2, 0.25) is 0 Å². The molecule has 0 aromatic carbocycles. The van der Waals surface area contributed by atoms with Gasteiger partial charge < -0.3 is 10.1 Å². The van der Waals surface area contributed by atoms with Gasteiger partial charge in [0.1, 0.15) is 6.20 Å². The lowest BCUT2D eigenvalue weighted by Crippen LogP contribution is -2.04. The highest BCUT2D eigenvalue weighted by Gasteiger charge is 2.16. The van der Waals surface area contributed by atoms with Crippen molar-refractivity contribution in [2.24, 2.45) is 7.05 Å². The van der Waals surface area contributed by atoms with Gasteiger partial charge in [-0.1, -0.05) is 6.08 Å². The van der Waals surface area contributed by atoms with Gasteiger partial charge in [0.05, 0.1) is 13.5 Å². The first-order valence-electron chi connectivity index (χ1n) is 4.55. The normalized spacial score (nSPS) is 11.8. The zero-order valence-corrected chi connectivity index (χ0v) is 10.2. The zero-order chi connectivity index (χ0) is 12.1. The number of aromatic nitrogens is 2. The molecule has 0 spiro atoms. The number of halogens is 2. The van der Waals surface area contributed by atoms with E-state index in [0.717, 1.165) is 5.57 Å². The minimum Gasteiger partial charge on any atom is -0.358 e. The third-order valence-corrected chi connectivity index (χ3v) is 2.67. The van der Waals surface area contributed by atoms with E-state index in [0.29, 0.717) is 24.0 Å². The molecule has 0 radical (unpaired) electrons. The largest absolute Gasteiger partial charge is 0.358 e. The molecular weight excluding hydrogens is 253 g/mol. The van der Waals surface area contributed by atoms with Crippen molar-refractivity contribution >= 4 is 29.0 Å². The van der Waals surface area contributed by atoms with E-state index in [9.17, 15) is 10.1 Å². The van der Waals surface area contributed by atoms with Crippen LogP contribution in [0.4, 0.5) is 5.82 Å². The van der Waals surface area contributed by atoms with Crippen molar-refractivity contribution in [3.63, 3.8) is 0 Å². The summed E-state index contributed by atoms with van der Waals surface area (Å²) in [5.41, 5.74) is 0.903. The molecule has 0 N–H and O–H groups in total. The molecule has 1 rings (SSSR count). The molecule has 0 fully saturated rings. The lowest BCUT2D eigenvalue weighted by molar-refractivity contribution is -0.391. The van der Waals surface area contributed by atoms with Crippen LogP contribution in [-0.2, 0) is 13.5 Å². The van der Waals surface area contributed by atoms with Gasteiger partial charge in [-0.15, -0.1) is 23.2 Å². The second kappa shape index (κ2) is 5.86. The molecule has 0 saturated carbocycles. The number of nitro groups is 1. The maximum Gasteiger partial charge on any atom is 0.342 e. The maximum atomic E-state index is 10.6. The van der Waals surface area contributed by atoms with Crippen molar-refractivity contribution < 1.29 is 4.92 Å². The molecule has 0 aliphatic heterocycles. The molecule has 0 saturated heterocycles. The van der Waals surface area contributed by atoms with Crippen molar-refractivity contribution in [2.75, 3.05) is 11.8 Å². The predicted octanol–water partition coefficient (Wildman–Crippen LogP) is 2.27. The smallest absolute Gasteiger partial charge is 0.342 e. The average molecular weight is 264 g/mol. The minimum atomic E-state index is -0.470. The Morgan fingerprint density at radius 3 is 2.81 bits per heavy atom. The number of hydrogen-bond donors (Lipinski definition) is 0. The van der Waals surface area contributed by atoms with Crippen LogP contribution in [0.3, 0.4) is 0 Å². The summed E-state index contributed by atoms with van der Waals surface area (Å²) in [5, 5.41) is 10.6. The molecule has 88 valence electrons. The molecule has 0 atom stereocenters. The number of hydrogen-bond acceptors (Lipinski definition) is 3. The third kappa shape index (κ3) is 2.96. The highest BCUT2D eigenvalue weighted by atomic mass is 35.5. The predicted molar refractivity (Wildman–Crippen MR) is 63.1 cm³/mol. The first-order valence-corrected chi connectivity index (χ1v) is 5.61. The maximum absolute atomic E-state index is 10.6. The Labute approximate surface area is 103 Å². The summed E-state index contributed by atoms with van der Waals surface area (Å²) < 4.78 is 1.44. The Morgan fingerprint density at radius 1 is 1.69 bits per heavy atom. The first kappa shape index (κ1) is 13.0. The Kier molecular flexibility index (Phi) is 4.76. The van der Waals surface area contributed by atoms with Crippen LogP contribution in [0.1, 0.15) is 5.82 Å². The van der Waals surface area contributed by atoms with Gasteiger partial charge in [-0.2, -0.15) is 0 Å². The molecule has 0 unspecified atom stereocenters. The van der Waals surface area contributed by atoms with Crippen LogP contribution in [0.25, 0.3) is 0 Å².